The molecule has 5 heteroatoms. The van der Waals surface area contributed by atoms with Gasteiger partial charge in [0, 0.05) is 5.69 Å². The van der Waals surface area contributed by atoms with Gasteiger partial charge in [-0.3, -0.25) is 0 Å². The van der Waals surface area contributed by atoms with Crippen molar-refractivity contribution in [2.24, 2.45) is 0 Å². The molecule has 0 amide bonds. The smallest absolute Gasteiger partial charge is 0.139 e. The third kappa shape index (κ3) is 2.74. The Bertz CT molecular complexity index is 557. The van der Waals surface area contributed by atoms with E-state index >= 15 is 0 Å². The van der Waals surface area contributed by atoms with Gasteiger partial charge in [-0.1, -0.05) is 6.07 Å². The van der Waals surface area contributed by atoms with Gasteiger partial charge in [0.25, 0.3) is 0 Å². The van der Waals surface area contributed by atoms with Crippen molar-refractivity contribution in [3.05, 3.63) is 46.2 Å². The number of benzene rings is 1. The van der Waals surface area contributed by atoms with Crippen LogP contribution in [-0.2, 0) is 0 Å². The maximum absolute atomic E-state index is 13.4. The van der Waals surface area contributed by atoms with Crippen LogP contribution >= 0.6 is 15.9 Å². The number of hydrogen-bond acceptors (Lipinski definition) is 3. The number of aromatic nitrogens is 1. The van der Waals surface area contributed by atoms with Gasteiger partial charge in [-0.15, -0.1) is 0 Å². The zero-order valence-electron chi connectivity index (χ0n) is 9.17. The van der Waals surface area contributed by atoms with Gasteiger partial charge < -0.3 is 11.1 Å². The number of rotatable bonds is 2. The van der Waals surface area contributed by atoms with Crippen molar-refractivity contribution in [2.75, 3.05) is 11.1 Å². The van der Waals surface area contributed by atoms with Gasteiger partial charge in [0.15, 0.2) is 0 Å². The first-order valence-electron chi connectivity index (χ1n) is 5.01. The fourth-order valence-corrected chi connectivity index (χ4v) is 1.90. The highest BCUT2D eigenvalue weighted by atomic mass is 79.9. The van der Waals surface area contributed by atoms with Gasteiger partial charge in [0.05, 0.1) is 4.47 Å². The van der Waals surface area contributed by atoms with E-state index in [9.17, 15) is 4.39 Å². The molecule has 0 unspecified atom stereocenters. The molecule has 88 valence electrons. The standard InChI is InChI=1S/C12H11BrFN3/c1-7-5-8(13)9(14)6-10(7)16-12-4-2-3-11(15)17-12/h2-6H,1H3,(H3,15,16,17). The summed E-state index contributed by atoms with van der Waals surface area (Å²) in [5.74, 6) is 0.696. The first kappa shape index (κ1) is 11.9. The number of nitrogens with two attached hydrogens (primary N) is 1. The lowest BCUT2D eigenvalue weighted by Crippen LogP contribution is -1.99. The van der Waals surface area contributed by atoms with Crippen molar-refractivity contribution in [3.63, 3.8) is 0 Å². The van der Waals surface area contributed by atoms with Crippen LogP contribution in [0.3, 0.4) is 0 Å². The average Bonchev–Trinajstić information content (AvgIpc) is 2.26. The first-order valence-corrected chi connectivity index (χ1v) is 5.81. The second-order valence-electron chi connectivity index (χ2n) is 3.65. The number of aryl methyl sites for hydroxylation is 1. The molecule has 0 fully saturated rings. The summed E-state index contributed by atoms with van der Waals surface area (Å²) >= 11 is 3.14. The normalized spacial score (nSPS) is 10.3. The summed E-state index contributed by atoms with van der Waals surface area (Å²) in [6.07, 6.45) is 0. The maximum Gasteiger partial charge on any atom is 0.139 e. The number of hydrogen-bond donors (Lipinski definition) is 2. The van der Waals surface area contributed by atoms with Crippen LogP contribution in [-0.4, -0.2) is 4.98 Å². The number of nitrogens with zero attached hydrogens (tertiary/aromatic N) is 1. The molecule has 0 aliphatic rings. The van der Waals surface area contributed by atoms with Gasteiger partial charge in [-0.2, -0.15) is 0 Å². The number of halogens is 2. The Morgan fingerprint density at radius 1 is 1.35 bits per heavy atom. The fraction of sp³-hybridized carbons (Fsp3) is 0.0833. The fourth-order valence-electron chi connectivity index (χ4n) is 1.44. The number of nitrogens with one attached hydrogen (secondary N) is 1. The lowest BCUT2D eigenvalue weighted by atomic mass is 10.2. The second-order valence-corrected chi connectivity index (χ2v) is 4.51. The maximum atomic E-state index is 13.4. The average molecular weight is 296 g/mol. The van der Waals surface area contributed by atoms with Crippen molar-refractivity contribution < 1.29 is 4.39 Å². The topological polar surface area (TPSA) is 50.9 Å². The van der Waals surface area contributed by atoms with Crippen molar-refractivity contribution >= 4 is 33.3 Å². The lowest BCUT2D eigenvalue weighted by Gasteiger charge is -2.10. The highest BCUT2D eigenvalue weighted by Crippen LogP contribution is 2.26. The van der Waals surface area contributed by atoms with Crippen molar-refractivity contribution in [2.45, 2.75) is 6.92 Å². The number of nitrogen functional groups attached to an aromatic ring is 1. The molecule has 1 aromatic heterocycles. The molecule has 0 saturated heterocycles. The zero-order valence-corrected chi connectivity index (χ0v) is 10.8. The molecule has 0 radical (unpaired) electrons. The Balaban J connectivity index is 2.33. The van der Waals surface area contributed by atoms with Crippen molar-refractivity contribution in [1.82, 2.24) is 4.98 Å². The van der Waals surface area contributed by atoms with Crippen molar-refractivity contribution in [1.29, 1.82) is 0 Å². The summed E-state index contributed by atoms with van der Waals surface area (Å²) in [4.78, 5) is 4.09. The summed E-state index contributed by atoms with van der Waals surface area (Å²) in [5.41, 5.74) is 7.16. The molecule has 1 heterocycles. The minimum Gasteiger partial charge on any atom is -0.384 e. The van der Waals surface area contributed by atoms with Crippen LogP contribution in [0.15, 0.2) is 34.8 Å². The van der Waals surface area contributed by atoms with Crippen LogP contribution in [0.1, 0.15) is 5.56 Å². The molecule has 0 atom stereocenters. The van der Waals surface area contributed by atoms with E-state index in [1.807, 2.05) is 6.92 Å². The van der Waals surface area contributed by atoms with E-state index in [-0.39, 0.29) is 5.82 Å². The van der Waals surface area contributed by atoms with Gasteiger partial charge in [-0.25, -0.2) is 9.37 Å². The quantitative estimate of drug-likeness (QED) is 0.890. The molecule has 3 nitrogen and oxygen atoms in total. The zero-order chi connectivity index (χ0) is 12.4. The van der Waals surface area contributed by atoms with Gasteiger partial charge in [0.2, 0.25) is 0 Å². The number of pyridine rings is 1. The highest BCUT2D eigenvalue weighted by Gasteiger charge is 2.06. The van der Waals surface area contributed by atoms with Crippen LogP contribution in [0.5, 0.6) is 0 Å². The molecule has 2 aromatic rings. The summed E-state index contributed by atoms with van der Waals surface area (Å²) in [6.45, 7) is 1.89. The van der Waals surface area contributed by atoms with Gasteiger partial charge in [-0.05, 0) is 52.7 Å². The molecule has 1 aromatic carbocycles. The van der Waals surface area contributed by atoms with Crippen LogP contribution in [0.2, 0.25) is 0 Å². The summed E-state index contributed by atoms with van der Waals surface area (Å²) in [5, 5.41) is 3.03. The minimum absolute atomic E-state index is 0.318. The van der Waals surface area contributed by atoms with Crippen LogP contribution < -0.4 is 11.1 Å². The Hall–Kier alpha value is -1.62. The van der Waals surface area contributed by atoms with E-state index in [0.29, 0.717) is 21.8 Å². The molecule has 17 heavy (non-hydrogen) atoms. The third-order valence-electron chi connectivity index (χ3n) is 2.30. The largest absolute Gasteiger partial charge is 0.384 e. The third-order valence-corrected chi connectivity index (χ3v) is 2.91. The van der Waals surface area contributed by atoms with Crippen LogP contribution in [0, 0.1) is 12.7 Å². The lowest BCUT2D eigenvalue weighted by molar-refractivity contribution is 0.621. The Morgan fingerprint density at radius 2 is 2.12 bits per heavy atom. The summed E-state index contributed by atoms with van der Waals surface area (Å²) in [6, 6.07) is 8.39. The minimum atomic E-state index is -0.318. The SMILES string of the molecule is Cc1cc(Br)c(F)cc1Nc1cccc(N)n1. The van der Waals surface area contributed by atoms with E-state index < -0.39 is 0 Å². The molecule has 0 spiro atoms. The molecular weight excluding hydrogens is 285 g/mol. The Labute approximate surface area is 107 Å². The van der Waals surface area contributed by atoms with E-state index in [1.54, 1.807) is 24.3 Å². The number of anilines is 3. The Kier molecular flexibility index (Phi) is 3.28. The highest BCUT2D eigenvalue weighted by molar-refractivity contribution is 9.10. The van der Waals surface area contributed by atoms with Gasteiger partial charge >= 0.3 is 0 Å². The van der Waals surface area contributed by atoms with E-state index in [1.165, 1.54) is 6.07 Å². The summed E-state index contributed by atoms with van der Waals surface area (Å²) in [7, 11) is 0. The Morgan fingerprint density at radius 3 is 2.82 bits per heavy atom. The second kappa shape index (κ2) is 4.71. The van der Waals surface area contributed by atoms with E-state index in [2.05, 4.69) is 26.2 Å². The molecule has 0 aliphatic carbocycles. The van der Waals surface area contributed by atoms with Gasteiger partial charge in [0.1, 0.15) is 17.5 Å². The van der Waals surface area contributed by atoms with E-state index in [0.717, 1.165) is 5.56 Å². The van der Waals surface area contributed by atoms with Crippen LogP contribution in [0.4, 0.5) is 21.7 Å². The molecule has 2 rings (SSSR count). The van der Waals surface area contributed by atoms with Crippen molar-refractivity contribution in [3.8, 4) is 0 Å². The molecule has 0 saturated carbocycles. The van der Waals surface area contributed by atoms with Crippen LogP contribution in [0.25, 0.3) is 0 Å². The summed E-state index contributed by atoms with van der Waals surface area (Å²) < 4.78 is 13.9. The predicted molar refractivity (Wildman–Crippen MR) is 70.8 cm³/mol. The predicted octanol–water partition coefficient (Wildman–Crippen LogP) is 3.62. The monoisotopic (exact) mass is 295 g/mol. The van der Waals surface area contributed by atoms with E-state index in [4.69, 9.17) is 5.73 Å². The molecule has 0 aliphatic heterocycles. The molecule has 0 bridgehead atoms. The first-order chi connectivity index (χ1) is 8.06. The molecule has 3 N–H and O–H groups in total. The molecular formula is C12H11BrFN3.